The molecule has 1 atom stereocenters. The van der Waals surface area contributed by atoms with Crippen molar-refractivity contribution < 1.29 is 13.6 Å². The third-order valence-electron chi connectivity index (χ3n) is 4.93. The zero-order valence-corrected chi connectivity index (χ0v) is 15.4. The molecule has 0 fully saturated rings. The van der Waals surface area contributed by atoms with Crippen LogP contribution in [0.25, 0.3) is 11.8 Å². The number of anilines is 1. The molecule has 3 aromatic rings. The Balaban J connectivity index is 1.96. The summed E-state index contributed by atoms with van der Waals surface area (Å²) in [6.45, 7) is 1.53. The van der Waals surface area contributed by atoms with E-state index in [1.54, 1.807) is 18.2 Å². The van der Waals surface area contributed by atoms with E-state index in [4.69, 9.17) is 0 Å². The van der Waals surface area contributed by atoms with Crippen LogP contribution in [0, 0.1) is 11.6 Å². The van der Waals surface area contributed by atoms with Gasteiger partial charge in [-0.05, 0) is 66.1 Å². The van der Waals surface area contributed by atoms with E-state index in [2.05, 4.69) is 0 Å². The van der Waals surface area contributed by atoms with Crippen LogP contribution in [0.4, 0.5) is 14.5 Å². The smallest absolute Gasteiger partial charge is 0.132 e. The second-order valence-corrected chi connectivity index (χ2v) is 6.94. The van der Waals surface area contributed by atoms with Gasteiger partial charge in [0.2, 0.25) is 0 Å². The lowest BCUT2D eigenvalue weighted by Crippen LogP contribution is -2.32. The maximum absolute atomic E-state index is 14.0. The minimum absolute atomic E-state index is 0.00151. The Morgan fingerprint density at radius 1 is 0.929 bits per heavy atom. The standard InChI is InChI=1S/C24H19F2NO/c1-16(28)13-24-22-15-20(26)8-7-18(22)14-23(17-5-3-2-4-6-17)27(24)21-11-9-19(25)10-12-21/h2-12,14-15,24H,13H2,1H3. The highest BCUT2D eigenvalue weighted by Gasteiger charge is 2.31. The van der Waals surface area contributed by atoms with Gasteiger partial charge in [0.15, 0.2) is 0 Å². The molecule has 0 spiro atoms. The predicted molar refractivity (Wildman–Crippen MR) is 108 cm³/mol. The molecule has 1 aliphatic heterocycles. The molecule has 0 saturated heterocycles. The zero-order chi connectivity index (χ0) is 19.7. The van der Waals surface area contributed by atoms with E-state index in [1.807, 2.05) is 41.3 Å². The van der Waals surface area contributed by atoms with Crippen molar-refractivity contribution >= 4 is 23.2 Å². The van der Waals surface area contributed by atoms with E-state index in [-0.39, 0.29) is 29.9 Å². The molecule has 4 rings (SSSR count). The number of rotatable bonds is 4. The average molecular weight is 375 g/mol. The molecule has 1 aliphatic rings. The third kappa shape index (κ3) is 3.46. The number of nitrogens with zero attached hydrogens (tertiary/aromatic N) is 1. The second-order valence-electron chi connectivity index (χ2n) is 6.94. The van der Waals surface area contributed by atoms with Crippen LogP contribution in [-0.4, -0.2) is 5.78 Å². The first-order valence-electron chi connectivity index (χ1n) is 9.14. The number of carbonyl (C=O) groups excluding carboxylic acids is 1. The van der Waals surface area contributed by atoms with Gasteiger partial charge in [-0.25, -0.2) is 8.78 Å². The highest BCUT2D eigenvalue weighted by atomic mass is 19.1. The van der Waals surface area contributed by atoms with E-state index in [1.165, 1.54) is 31.2 Å². The highest BCUT2D eigenvalue weighted by Crippen LogP contribution is 2.43. The van der Waals surface area contributed by atoms with Crippen molar-refractivity contribution in [2.24, 2.45) is 0 Å². The Morgan fingerprint density at radius 3 is 2.29 bits per heavy atom. The Hall–Kier alpha value is -3.27. The van der Waals surface area contributed by atoms with Gasteiger partial charge in [-0.2, -0.15) is 0 Å². The molecule has 0 aromatic heterocycles. The summed E-state index contributed by atoms with van der Waals surface area (Å²) in [4.78, 5) is 14.1. The molecule has 3 aromatic carbocycles. The van der Waals surface area contributed by atoms with E-state index < -0.39 is 0 Å². The Morgan fingerprint density at radius 2 is 1.61 bits per heavy atom. The number of ketones is 1. The SMILES string of the molecule is CC(=O)CC1c2cc(F)ccc2C=C(c2ccccc2)N1c1ccc(F)cc1. The maximum Gasteiger partial charge on any atom is 0.132 e. The van der Waals surface area contributed by atoms with E-state index in [9.17, 15) is 13.6 Å². The molecule has 1 heterocycles. The molecule has 0 radical (unpaired) electrons. The molecule has 1 unspecified atom stereocenters. The van der Waals surface area contributed by atoms with E-state index >= 15 is 0 Å². The number of Topliss-reactive ketones (excluding diaryl/α,β-unsaturated/α-hetero) is 1. The number of carbonyl (C=O) groups is 1. The minimum atomic E-state index is -0.381. The number of hydrogen-bond donors (Lipinski definition) is 0. The van der Waals surface area contributed by atoms with Gasteiger partial charge in [0, 0.05) is 17.8 Å². The summed E-state index contributed by atoms with van der Waals surface area (Å²) in [7, 11) is 0. The van der Waals surface area contributed by atoms with Crippen molar-refractivity contribution in [2.75, 3.05) is 4.90 Å². The number of fused-ring (bicyclic) bond motifs is 1. The Kier molecular flexibility index (Phi) is 4.78. The molecule has 4 heteroatoms. The first-order chi connectivity index (χ1) is 13.5. The third-order valence-corrected chi connectivity index (χ3v) is 4.93. The molecule has 2 nitrogen and oxygen atoms in total. The quantitative estimate of drug-likeness (QED) is 0.557. The minimum Gasteiger partial charge on any atom is -0.333 e. The van der Waals surface area contributed by atoms with Crippen molar-refractivity contribution in [1.29, 1.82) is 0 Å². The van der Waals surface area contributed by atoms with Crippen LogP contribution in [0.15, 0.2) is 72.8 Å². The number of benzene rings is 3. The average Bonchev–Trinajstić information content (AvgIpc) is 2.69. The van der Waals surface area contributed by atoms with Gasteiger partial charge in [0.1, 0.15) is 17.4 Å². The van der Waals surface area contributed by atoms with Crippen molar-refractivity contribution in [3.05, 3.63) is 101 Å². The Bertz CT molecular complexity index is 1040. The summed E-state index contributed by atoms with van der Waals surface area (Å²) in [5, 5.41) is 0. The first kappa shape index (κ1) is 18.1. The highest BCUT2D eigenvalue weighted by molar-refractivity contribution is 5.94. The van der Waals surface area contributed by atoms with E-state index in [0.29, 0.717) is 0 Å². The molecule has 0 saturated carbocycles. The normalized spacial score (nSPS) is 15.8. The summed E-state index contributed by atoms with van der Waals surface area (Å²) >= 11 is 0. The van der Waals surface area contributed by atoms with Gasteiger partial charge in [-0.1, -0.05) is 36.4 Å². The first-order valence-corrected chi connectivity index (χ1v) is 9.14. The van der Waals surface area contributed by atoms with Crippen LogP contribution in [-0.2, 0) is 4.79 Å². The summed E-state index contributed by atoms with van der Waals surface area (Å²) < 4.78 is 27.6. The lowest BCUT2D eigenvalue weighted by molar-refractivity contribution is -0.117. The Labute approximate surface area is 162 Å². The van der Waals surface area contributed by atoms with Crippen LogP contribution in [0.2, 0.25) is 0 Å². The van der Waals surface area contributed by atoms with Crippen molar-refractivity contribution in [3.8, 4) is 0 Å². The fourth-order valence-electron chi connectivity index (χ4n) is 3.72. The fraction of sp³-hybridized carbons (Fsp3) is 0.125. The van der Waals surface area contributed by atoms with Gasteiger partial charge in [0.05, 0.1) is 6.04 Å². The molecule has 0 bridgehead atoms. The van der Waals surface area contributed by atoms with Gasteiger partial charge in [0.25, 0.3) is 0 Å². The van der Waals surface area contributed by atoms with Crippen molar-refractivity contribution in [3.63, 3.8) is 0 Å². The van der Waals surface area contributed by atoms with Crippen LogP contribution >= 0.6 is 0 Å². The van der Waals surface area contributed by atoms with Gasteiger partial charge in [-0.15, -0.1) is 0 Å². The van der Waals surface area contributed by atoms with Crippen LogP contribution in [0.3, 0.4) is 0 Å². The van der Waals surface area contributed by atoms with Gasteiger partial charge < -0.3 is 4.90 Å². The predicted octanol–water partition coefficient (Wildman–Crippen LogP) is 6.00. The lowest BCUT2D eigenvalue weighted by Gasteiger charge is -2.39. The molecule has 140 valence electrons. The topological polar surface area (TPSA) is 20.3 Å². The lowest BCUT2D eigenvalue weighted by atomic mass is 9.88. The van der Waals surface area contributed by atoms with Gasteiger partial charge >= 0.3 is 0 Å². The molecular weight excluding hydrogens is 356 g/mol. The molecular formula is C24H19F2NO. The van der Waals surface area contributed by atoms with Crippen molar-refractivity contribution in [2.45, 2.75) is 19.4 Å². The zero-order valence-electron chi connectivity index (χ0n) is 15.4. The van der Waals surface area contributed by atoms with Gasteiger partial charge in [-0.3, -0.25) is 4.79 Å². The monoisotopic (exact) mass is 375 g/mol. The molecule has 0 amide bonds. The van der Waals surface area contributed by atoms with Crippen LogP contribution in [0.1, 0.15) is 36.1 Å². The summed E-state index contributed by atoms with van der Waals surface area (Å²) in [5.74, 6) is -0.676. The summed E-state index contributed by atoms with van der Waals surface area (Å²) in [5.41, 5.74) is 4.23. The van der Waals surface area contributed by atoms with E-state index in [0.717, 1.165) is 28.1 Å². The van der Waals surface area contributed by atoms with Crippen LogP contribution < -0.4 is 4.90 Å². The maximum atomic E-state index is 14.0. The largest absolute Gasteiger partial charge is 0.333 e. The molecule has 0 N–H and O–H groups in total. The second kappa shape index (κ2) is 7.39. The fourth-order valence-corrected chi connectivity index (χ4v) is 3.72. The molecule has 28 heavy (non-hydrogen) atoms. The number of hydrogen-bond acceptors (Lipinski definition) is 2. The van der Waals surface area contributed by atoms with Crippen molar-refractivity contribution in [1.82, 2.24) is 0 Å². The summed E-state index contributed by atoms with van der Waals surface area (Å²) in [6, 6.07) is 20.2. The van der Waals surface area contributed by atoms with Crippen LogP contribution in [0.5, 0.6) is 0 Å². The summed E-state index contributed by atoms with van der Waals surface area (Å²) in [6.07, 6.45) is 2.21. The number of halogens is 2. The molecule has 0 aliphatic carbocycles.